The molecule has 0 aliphatic rings. The predicted molar refractivity (Wildman–Crippen MR) is 31.8 cm³/mol. The number of carbonyl (C=O) groups excluding carboxylic acids is 1. The summed E-state index contributed by atoms with van der Waals surface area (Å²) in [5.74, 6) is -1.57. The van der Waals surface area contributed by atoms with Gasteiger partial charge in [-0.3, -0.25) is 9.59 Å². The van der Waals surface area contributed by atoms with Crippen LogP contribution in [0.4, 0.5) is 0 Å². The monoisotopic (exact) mass is 157 g/mol. The van der Waals surface area contributed by atoms with Crippen LogP contribution in [0.5, 0.6) is 0 Å². The second-order valence-corrected chi connectivity index (χ2v) is 1.36. The van der Waals surface area contributed by atoms with Gasteiger partial charge in [-0.2, -0.15) is 0 Å². The van der Waals surface area contributed by atoms with Gasteiger partial charge in [0.2, 0.25) is 5.91 Å². The Morgan fingerprint density at radius 1 is 1.33 bits per heavy atom. The number of amides is 1. The zero-order valence-corrected chi connectivity index (χ0v) is 7.17. The number of carboxylic acids is 1. The zero-order valence-electron chi connectivity index (χ0n) is 4.96. The van der Waals surface area contributed by atoms with Crippen molar-refractivity contribution < 1.29 is 14.7 Å². The van der Waals surface area contributed by atoms with Crippen molar-refractivity contribution in [1.82, 2.24) is 0 Å². The van der Waals surface area contributed by atoms with E-state index in [4.69, 9.17) is 5.11 Å². The van der Waals surface area contributed by atoms with Gasteiger partial charge in [0.25, 0.3) is 0 Å². The summed E-state index contributed by atoms with van der Waals surface area (Å²) in [6, 6.07) is 0. The summed E-state index contributed by atoms with van der Waals surface area (Å²) in [6.07, 6.45) is -0.245. The fraction of sp³-hybridized carbons (Fsp3) is 0.500. The molecule has 0 atom stereocenters. The number of rotatable bonds is 3. The van der Waals surface area contributed by atoms with E-state index in [-0.39, 0.29) is 50.6 Å². The molecule has 0 aliphatic heterocycles. The molecular weight excluding hydrogens is 150 g/mol. The number of hydrogen-bond acceptors (Lipinski definition) is 2. The van der Waals surface area contributed by atoms with Gasteiger partial charge in [0.1, 0.15) is 0 Å². The molecule has 48 valence electrons. The van der Waals surface area contributed by atoms with E-state index in [0.29, 0.717) is 0 Å². The van der Waals surface area contributed by atoms with Crippen molar-refractivity contribution in [3.05, 3.63) is 0 Å². The molecule has 4 nitrogen and oxygen atoms in total. The Hall–Kier alpha value is 0.200. The van der Waals surface area contributed by atoms with E-state index in [1.165, 1.54) is 0 Å². The maximum atomic E-state index is 9.86. The van der Waals surface area contributed by atoms with Crippen molar-refractivity contribution >= 4 is 49.6 Å². The summed E-state index contributed by atoms with van der Waals surface area (Å²) < 4.78 is 0. The number of carboxylic acid groups (broad SMARTS) is 1. The van der Waals surface area contributed by atoms with Crippen LogP contribution in [-0.4, -0.2) is 54.7 Å². The zero-order chi connectivity index (χ0) is 6.57. The predicted octanol–water partition coefficient (Wildman–Crippen LogP) is -1.04. The van der Waals surface area contributed by atoms with Crippen molar-refractivity contribution in [2.24, 2.45) is 5.73 Å². The Morgan fingerprint density at radius 3 is 1.89 bits per heavy atom. The smallest absolute Gasteiger partial charge is 0.303 e. The van der Waals surface area contributed by atoms with Gasteiger partial charge >= 0.3 is 5.97 Å². The van der Waals surface area contributed by atoms with Crippen molar-refractivity contribution in [3.8, 4) is 0 Å². The first kappa shape index (κ1) is 11.9. The van der Waals surface area contributed by atoms with E-state index in [1.54, 1.807) is 0 Å². The molecule has 9 heavy (non-hydrogen) atoms. The number of carbonyl (C=O) groups is 2. The average molecular weight is 157 g/mol. The Balaban J connectivity index is 0. The van der Waals surface area contributed by atoms with Crippen LogP contribution in [0.1, 0.15) is 12.8 Å². The third kappa shape index (κ3) is 11.7. The van der Waals surface area contributed by atoms with E-state index < -0.39 is 11.9 Å². The van der Waals surface area contributed by atoms with Crippen LogP contribution in [0.3, 0.4) is 0 Å². The third-order valence-electron chi connectivity index (χ3n) is 0.585. The van der Waals surface area contributed by atoms with Gasteiger partial charge in [0.05, 0.1) is 6.42 Å². The van der Waals surface area contributed by atoms with Gasteiger partial charge in [-0.25, -0.2) is 0 Å². The van der Waals surface area contributed by atoms with Gasteiger partial charge in [-0.1, -0.05) is 0 Å². The maximum absolute atomic E-state index is 9.86. The SMILES string of the molecule is NC(=O)CCC(=O)O.[Ca]. The van der Waals surface area contributed by atoms with E-state index in [0.717, 1.165) is 0 Å². The summed E-state index contributed by atoms with van der Waals surface area (Å²) in [5.41, 5.74) is 4.64. The molecule has 0 spiro atoms. The molecule has 1 amide bonds. The second-order valence-electron chi connectivity index (χ2n) is 1.36. The van der Waals surface area contributed by atoms with Crippen molar-refractivity contribution in [1.29, 1.82) is 0 Å². The first-order chi connectivity index (χ1) is 3.63. The topological polar surface area (TPSA) is 80.4 Å². The summed E-state index contributed by atoms with van der Waals surface area (Å²) in [4.78, 5) is 19.6. The van der Waals surface area contributed by atoms with E-state index in [9.17, 15) is 9.59 Å². The maximum Gasteiger partial charge on any atom is 0.303 e. The van der Waals surface area contributed by atoms with Gasteiger partial charge < -0.3 is 10.8 Å². The molecule has 0 aromatic carbocycles. The molecule has 5 heteroatoms. The van der Waals surface area contributed by atoms with Crippen molar-refractivity contribution in [2.75, 3.05) is 0 Å². The van der Waals surface area contributed by atoms with Crippen LogP contribution in [0.15, 0.2) is 0 Å². The minimum absolute atomic E-state index is 0. The van der Waals surface area contributed by atoms with E-state index >= 15 is 0 Å². The Kier molecular flexibility index (Phi) is 8.38. The molecule has 0 rings (SSSR count). The first-order valence-corrected chi connectivity index (χ1v) is 2.13. The average Bonchev–Trinajstić information content (AvgIpc) is 1.61. The summed E-state index contributed by atoms with van der Waals surface area (Å²) in [7, 11) is 0. The molecule has 0 bridgehead atoms. The molecule has 0 unspecified atom stereocenters. The molecule has 3 N–H and O–H groups in total. The van der Waals surface area contributed by atoms with E-state index in [2.05, 4.69) is 5.73 Å². The molecule has 0 aromatic rings. The van der Waals surface area contributed by atoms with Gasteiger partial charge in [0.15, 0.2) is 0 Å². The number of aliphatic carboxylic acids is 1. The van der Waals surface area contributed by atoms with Crippen molar-refractivity contribution in [2.45, 2.75) is 12.8 Å². The summed E-state index contributed by atoms with van der Waals surface area (Å²) >= 11 is 0. The third-order valence-corrected chi connectivity index (χ3v) is 0.585. The number of nitrogens with two attached hydrogens (primary N) is 1. The first-order valence-electron chi connectivity index (χ1n) is 2.13. The van der Waals surface area contributed by atoms with Crippen LogP contribution in [0, 0.1) is 0 Å². The minimum Gasteiger partial charge on any atom is -0.481 e. The molecule has 0 saturated carbocycles. The molecule has 0 heterocycles. The molecule has 0 aromatic heterocycles. The van der Waals surface area contributed by atoms with Crippen LogP contribution in [0.2, 0.25) is 0 Å². The van der Waals surface area contributed by atoms with Gasteiger partial charge in [0, 0.05) is 44.2 Å². The fourth-order valence-electron chi connectivity index (χ4n) is 0.230. The minimum atomic E-state index is -0.996. The van der Waals surface area contributed by atoms with Crippen LogP contribution >= 0.6 is 0 Å². The number of hydrogen-bond donors (Lipinski definition) is 2. The molecule has 0 aliphatic carbocycles. The molecule has 0 saturated heterocycles. The van der Waals surface area contributed by atoms with Gasteiger partial charge in [-0.05, 0) is 0 Å². The number of primary amides is 1. The Bertz CT molecular complexity index is 100. The van der Waals surface area contributed by atoms with Crippen molar-refractivity contribution in [3.63, 3.8) is 0 Å². The molecular formula is C4H7CaNO3. The quantitative estimate of drug-likeness (QED) is 0.513. The Morgan fingerprint density at radius 2 is 1.78 bits per heavy atom. The van der Waals surface area contributed by atoms with E-state index in [1.807, 2.05) is 0 Å². The van der Waals surface area contributed by atoms with Crippen LogP contribution < -0.4 is 5.73 Å². The van der Waals surface area contributed by atoms with Gasteiger partial charge in [-0.15, -0.1) is 0 Å². The second kappa shape index (κ2) is 6.32. The Labute approximate surface area is 82.4 Å². The van der Waals surface area contributed by atoms with Crippen LogP contribution in [-0.2, 0) is 9.59 Å². The fourth-order valence-corrected chi connectivity index (χ4v) is 0.230. The largest absolute Gasteiger partial charge is 0.481 e. The summed E-state index contributed by atoms with van der Waals surface area (Å²) in [5, 5.41) is 7.95. The normalized spacial score (nSPS) is 7.56. The standard InChI is InChI=1S/C4H7NO3.Ca/c5-3(6)1-2-4(7)8;/h1-2H2,(H2,5,6)(H,7,8);. The van der Waals surface area contributed by atoms with Crippen LogP contribution in [0.25, 0.3) is 0 Å². The summed E-state index contributed by atoms with van der Waals surface area (Å²) in [6.45, 7) is 0. The molecule has 2 radical (unpaired) electrons. The molecule has 0 fully saturated rings.